The fourth-order valence-corrected chi connectivity index (χ4v) is 0.809. The molecular formula is C7H7BClF4N2+. The van der Waals surface area contributed by atoms with Crippen LogP contribution in [0, 0.1) is 12.3 Å². The summed E-state index contributed by atoms with van der Waals surface area (Å²) >= 11 is 5.71. The standard InChI is InChI=1S/C7H6ClN2.BF4/c1-5-4-6(10-9)2-3-7(5)8;2-1(3,4)5/h2-4H,1H3;/q+1;-1/p+1. The molecule has 0 atom stereocenters. The van der Waals surface area contributed by atoms with Gasteiger partial charge in [-0.15, -0.1) is 0 Å². The molecule has 0 bridgehead atoms. The van der Waals surface area contributed by atoms with Crippen LogP contribution in [0.4, 0.5) is 23.0 Å². The molecule has 1 aromatic rings. The Labute approximate surface area is 90.1 Å². The van der Waals surface area contributed by atoms with Gasteiger partial charge in [0, 0.05) is 17.2 Å². The molecule has 0 aliphatic rings. The average molecular weight is 241 g/mol. The van der Waals surface area contributed by atoms with E-state index in [1.807, 2.05) is 6.92 Å². The summed E-state index contributed by atoms with van der Waals surface area (Å²) in [6.07, 6.45) is 0. The van der Waals surface area contributed by atoms with Crippen molar-refractivity contribution >= 4 is 24.5 Å². The van der Waals surface area contributed by atoms with Crippen molar-refractivity contribution in [2.75, 3.05) is 0 Å². The molecule has 0 saturated heterocycles. The van der Waals surface area contributed by atoms with E-state index < -0.39 is 7.25 Å². The van der Waals surface area contributed by atoms with E-state index in [1.165, 1.54) is 0 Å². The fourth-order valence-electron chi connectivity index (χ4n) is 0.691. The van der Waals surface area contributed by atoms with E-state index in [0.29, 0.717) is 10.7 Å². The minimum Gasteiger partial charge on any atom is -0.418 e. The molecule has 2 nitrogen and oxygen atoms in total. The molecule has 1 aromatic carbocycles. The topological polar surface area (TPSA) is 28.1 Å². The zero-order chi connectivity index (χ0) is 12.1. The lowest BCUT2D eigenvalue weighted by Crippen LogP contribution is -2.02. The third-order valence-electron chi connectivity index (χ3n) is 1.26. The molecule has 0 radical (unpaired) electrons. The Kier molecular flexibility index (Phi) is 5.08. The van der Waals surface area contributed by atoms with Gasteiger partial charge in [0.2, 0.25) is 5.39 Å². The Morgan fingerprint density at radius 3 is 2.13 bits per heavy atom. The fraction of sp³-hybridized carbons (Fsp3) is 0.143. The van der Waals surface area contributed by atoms with Crippen molar-refractivity contribution in [1.82, 2.24) is 0 Å². The summed E-state index contributed by atoms with van der Waals surface area (Å²) in [5.74, 6) is 0. The van der Waals surface area contributed by atoms with Crippen molar-refractivity contribution in [2.24, 2.45) is 0 Å². The molecule has 0 aliphatic heterocycles. The van der Waals surface area contributed by atoms with Crippen molar-refractivity contribution in [3.8, 4) is 0 Å². The van der Waals surface area contributed by atoms with Gasteiger partial charge in [-0.2, -0.15) is 0 Å². The smallest absolute Gasteiger partial charge is 0.418 e. The molecule has 0 aliphatic carbocycles. The van der Waals surface area contributed by atoms with Crippen LogP contribution in [0.5, 0.6) is 0 Å². The lowest BCUT2D eigenvalue weighted by Gasteiger charge is -1.94. The first-order chi connectivity index (χ1) is 6.74. The molecule has 0 amide bonds. The van der Waals surface area contributed by atoms with Gasteiger partial charge in [0.05, 0.1) is 0 Å². The minimum atomic E-state index is -6.00. The highest BCUT2D eigenvalue weighted by Gasteiger charge is 2.20. The lowest BCUT2D eigenvalue weighted by molar-refractivity contribution is 0.368. The summed E-state index contributed by atoms with van der Waals surface area (Å²) < 4.78 is 39.0. The van der Waals surface area contributed by atoms with Crippen LogP contribution in [-0.4, -0.2) is 7.25 Å². The maximum atomic E-state index is 9.75. The van der Waals surface area contributed by atoms with Gasteiger partial charge in [0.1, 0.15) is 0 Å². The minimum absolute atomic E-state index is 0. The molecule has 0 fully saturated rings. The second kappa shape index (κ2) is 5.56. The molecule has 0 spiro atoms. The number of benzene rings is 1. The largest absolute Gasteiger partial charge is 1.00 e. The first-order valence-corrected chi connectivity index (χ1v) is 4.10. The third-order valence-corrected chi connectivity index (χ3v) is 1.68. The molecular weight excluding hydrogens is 234 g/mol. The van der Waals surface area contributed by atoms with Crippen LogP contribution in [0.15, 0.2) is 18.2 Å². The molecule has 8 heteroatoms. The number of rotatable bonds is 0. The predicted octanol–water partition coefficient (Wildman–Crippen LogP) is 4.55. The first-order valence-electron chi connectivity index (χ1n) is 3.72. The first kappa shape index (κ1) is 13.7. The van der Waals surface area contributed by atoms with E-state index in [4.69, 9.17) is 17.0 Å². The van der Waals surface area contributed by atoms with Crippen molar-refractivity contribution in [2.45, 2.75) is 6.92 Å². The number of hydrogen-bond donors (Lipinski definition) is 0. The number of nitrogens with zero attached hydrogens (tertiary/aromatic N) is 2. The SMILES string of the molecule is Cc1cc([N+]#N)ccc1Cl.F[B-](F)(F)F.[H+]. The highest BCUT2D eigenvalue weighted by molar-refractivity contribution is 6.50. The average Bonchev–Trinajstić information content (AvgIpc) is 2.07. The van der Waals surface area contributed by atoms with Crippen LogP contribution in [-0.2, 0) is 0 Å². The Morgan fingerprint density at radius 2 is 1.80 bits per heavy atom. The molecule has 0 heterocycles. The number of aryl methyl sites for hydroxylation is 1. The Hall–Kier alpha value is -1.29. The number of hydrogen-bond acceptors (Lipinski definition) is 1. The van der Waals surface area contributed by atoms with Crippen molar-refractivity contribution in [3.05, 3.63) is 33.8 Å². The quantitative estimate of drug-likeness (QED) is 0.372. The van der Waals surface area contributed by atoms with E-state index in [-0.39, 0.29) is 1.43 Å². The van der Waals surface area contributed by atoms with Crippen LogP contribution < -0.4 is 0 Å². The number of diazo groups is 1. The van der Waals surface area contributed by atoms with Gasteiger partial charge >= 0.3 is 14.4 Å². The van der Waals surface area contributed by atoms with Gasteiger partial charge in [-0.3, -0.25) is 0 Å². The maximum Gasteiger partial charge on any atom is 1.00 e. The van der Waals surface area contributed by atoms with Crippen molar-refractivity contribution in [3.63, 3.8) is 0 Å². The summed E-state index contributed by atoms with van der Waals surface area (Å²) in [5, 5.41) is 9.02. The normalized spacial score (nSPS) is 9.93. The van der Waals surface area contributed by atoms with Crippen LogP contribution in [0.1, 0.15) is 6.99 Å². The highest BCUT2D eigenvalue weighted by Crippen LogP contribution is 2.20. The molecule has 0 N–H and O–H groups in total. The Balaban J connectivity index is 0. The monoisotopic (exact) mass is 241 g/mol. The van der Waals surface area contributed by atoms with Gasteiger partial charge in [-0.05, 0) is 18.6 Å². The molecule has 0 unspecified atom stereocenters. The summed E-state index contributed by atoms with van der Waals surface area (Å²) in [4.78, 5) is 3.01. The molecule has 1 rings (SSSR count). The van der Waals surface area contributed by atoms with Crippen LogP contribution in [0.25, 0.3) is 4.98 Å². The van der Waals surface area contributed by atoms with Crippen LogP contribution in [0.2, 0.25) is 5.02 Å². The zero-order valence-corrected chi connectivity index (χ0v) is 8.35. The van der Waals surface area contributed by atoms with E-state index >= 15 is 0 Å². The van der Waals surface area contributed by atoms with Crippen molar-refractivity contribution < 1.29 is 18.7 Å². The summed E-state index contributed by atoms with van der Waals surface area (Å²) in [6.45, 7) is 1.86. The molecule has 0 aromatic heterocycles. The van der Waals surface area contributed by atoms with Crippen molar-refractivity contribution in [1.29, 1.82) is 5.39 Å². The van der Waals surface area contributed by atoms with E-state index in [9.17, 15) is 17.3 Å². The molecule has 82 valence electrons. The lowest BCUT2D eigenvalue weighted by atomic mass is 10.2. The second-order valence-corrected chi connectivity index (χ2v) is 2.94. The predicted molar refractivity (Wildman–Crippen MR) is 52.2 cm³/mol. The summed E-state index contributed by atoms with van der Waals surface area (Å²) in [6, 6.07) is 5.06. The van der Waals surface area contributed by atoms with Gasteiger partial charge in [-0.1, -0.05) is 11.6 Å². The second-order valence-electron chi connectivity index (χ2n) is 2.53. The maximum absolute atomic E-state index is 9.75. The van der Waals surface area contributed by atoms with Gasteiger partial charge in [0.15, 0.2) is 4.98 Å². The van der Waals surface area contributed by atoms with Crippen LogP contribution >= 0.6 is 11.6 Å². The highest BCUT2D eigenvalue weighted by atomic mass is 35.5. The van der Waals surface area contributed by atoms with Gasteiger partial charge in [0.25, 0.3) is 0 Å². The van der Waals surface area contributed by atoms with E-state index in [0.717, 1.165) is 5.56 Å². The zero-order valence-electron chi connectivity index (χ0n) is 8.59. The molecule has 0 saturated carbocycles. The number of halogens is 5. The van der Waals surface area contributed by atoms with Crippen LogP contribution in [0.3, 0.4) is 0 Å². The Bertz CT molecular complexity index is 374. The summed E-state index contributed by atoms with van der Waals surface area (Å²) in [5.41, 5.74) is 1.44. The van der Waals surface area contributed by atoms with E-state index in [1.54, 1.807) is 18.2 Å². The summed E-state index contributed by atoms with van der Waals surface area (Å²) in [7, 11) is -6.00. The van der Waals surface area contributed by atoms with Gasteiger partial charge in [-0.25, -0.2) is 0 Å². The third kappa shape index (κ3) is 7.76. The Morgan fingerprint density at radius 1 is 1.33 bits per heavy atom. The van der Waals surface area contributed by atoms with Gasteiger partial charge < -0.3 is 17.3 Å². The van der Waals surface area contributed by atoms with E-state index in [2.05, 4.69) is 4.98 Å². The molecule has 15 heavy (non-hydrogen) atoms.